The van der Waals surface area contributed by atoms with E-state index >= 15 is 0 Å². The van der Waals surface area contributed by atoms with Crippen LogP contribution in [-0.2, 0) is 11.2 Å². The van der Waals surface area contributed by atoms with Gasteiger partial charge in [0.05, 0.1) is 10.4 Å². The molecule has 4 heteroatoms. The lowest BCUT2D eigenvalue weighted by atomic mass is 10.1. The number of rotatable bonds is 5. The number of hydrogen-bond donors (Lipinski definition) is 0. The van der Waals surface area contributed by atoms with Crippen LogP contribution >= 0.6 is 27.5 Å². The van der Waals surface area contributed by atoms with Gasteiger partial charge in [0.2, 0.25) is 0 Å². The Labute approximate surface area is 125 Å². The minimum atomic E-state index is 0.107. The molecule has 0 fully saturated rings. The van der Waals surface area contributed by atoms with Gasteiger partial charge < -0.3 is 4.74 Å². The van der Waals surface area contributed by atoms with E-state index in [1.54, 1.807) is 12.1 Å². The Morgan fingerprint density at radius 3 is 2.37 bits per heavy atom. The maximum Gasteiger partial charge on any atom is 0.147 e. The lowest BCUT2D eigenvalue weighted by Crippen LogP contribution is -2.04. The van der Waals surface area contributed by atoms with E-state index in [4.69, 9.17) is 16.3 Å². The van der Waals surface area contributed by atoms with Gasteiger partial charge in [-0.2, -0.15) is 0 Å². The van der Waals surface area contributed by atoms with E-state index in [-0.39, 0.29) is 5.78 Å². The monoisotopic (exact) mass is 338 g/mol. The Bertz CT molecular complexity index is 584. The minimum Gasteiger partial charge on any atom is -0.456 e. The molecular formula is C15H12BrClO2. The summed E-state index contributed by atoms with van der Waals surface area (Å²) in [5, 5.41) is 0.886. The standard InChI is InChI=1S/C15H12BrClO2/c16-10-12(18)9-11-5-1-3-7-14(11)19-15-8-4-2-6-13(15)17/h1-8H,9-10H2. The van der Waals surface area contributed by atoms with Gasteiger partial charge in [-0.1, -0.05) is 57.9 Å². The van der Waals surface area contributed by atoms with Gasteiger partial charge in [-0.05, 0) is 18.2 Å². The van der Waals surface area contributed by atoms with Crippen molar-refractivity contribution in [1.29, 1.82) is 0 Å². The first-order valence-electron chi connectivity index (χ1n) is 5.78. The molecule has 19 heavy (non-hydrogen) atoms. The molecule has 0 atom stereocenters. The average molecular weight is 340 g/mol. The third kappa shape index (κ3) is 3.82. The van der Waals surface area contributed by atoms with Crippen LogP contribution in [-0.4, -0.2) is 11.1 Å². The van der Waals surface area contributed by atoms with Gasteiger partial charge in [-0.3, -0.25) is 4.79 Å². The molecule has 0 heterocycles. The van der Waals surface area contributed by atoms with Crippen LogP contribution in [0, 0.1) is 0 Å². The second-order valence-corrected chi connectivity index (χ2v) is 4.96. The quantitative estimate of drug-likeness (QED) is 0.742. The van der Waals surface area contributed by atoms with Gasteiger partial charge in [-0.25, -0.2) is 0 Å². The minimum absolute atomic E-state index is 0.107. The molecule has 0 N–H and O–H groups in total. The molecule has 0 amide bonds. The fourth-order valence-corrected chi connectivity index (χ4v) is 2.03. The molecule has 0 unspecified atom stereocenters. The molecule has 2 nitrogen and oxygen atoms in total. The van der Waals surface area contributed by atoms with Crippen LogP contribution in [0.2, 0.25) is 5.02 Å². The highest BCUT2D eigenvalue weighted by atomic mass is 79.9. The molecule has 0 aromatic heterocycles. The molecule has 2 rings (SSSR count). The predicted molar refractivity (Wildman–Crippen MR) is 80.5 cm³/mol. The van der Waals surface area contributed by atoms with Gasteiger partial charge in [0.15, 0.2) is 0 Å². The first-order valence-corrected chi connectivity index (χ1v) is 7.28. The zero-order valence-corrected chi connectivity index (χ0v) is 12.4. The van der Waals surface area contributed by atoms with Gasteiger partial charge in [0.25, 0.3) is 0 Å². The molecule has 0 saturated carbocycles. The number of alkyl halides is 1. The third-order valence-electron chi connectivity index (χ3n) is 2.57. The van der Waals surface area contributed by atoms with Crippen molar-refractivity contribution >= 4 is 33.3 Å². The summed E-state index contributed by atoms with van der Waals surface area (Å²) < 4.78 is 5.79. The van der Waals surface area contributed by atoms with Crippen molar-refractivity contribution in [2.24, 2.45) is 0 Å². The molecular weight excluding hydrogens is 328 g/mol. The van der Waals surface area contributed by atoms with Crippen LogP contribution in [0.1, 0.15) is 5.56 Å². The summed E-state index contributed by atoms with van der Waals surface area (Å²) in [7, 11) is 0. The van der Waals surface area contributed by atoms with E-state index < -0.39 is 0 Å². The Balaban J connectivity index is 2.25. The Kier molecular flexibility index (Phi) is 5.00. The second kappa shape index (κ2) is 6.73. The second-order valence-electron chi connectivity index (χ2n) is 3.99. The Morgan fingerprint density at radius 1 is 1.05 bits per heavy atom. The van der Waals surface area contributed by atoms with E-state index in [0.717, 1.165) is 5.56 Å². The SMILES string of the molecule is O=C(CBr)Cc1ccccc1Oc1ccccc1Cl. The number of halogens is 2. The zero-order chi connectivity index (χ0) is 13.7. The highest BCUT2D eigenvalue weighted by molar-refractivity contribution is 9.09. The third-order valence-corrected chi connectivity index (χ3v) is 3.50. The van der Waals surface area contributed by atoms with Gasteiger partial charge >= 0.3 is 0 Å². The fourth-order valence-electron chi connectivity index (χ4n) is 1.66. The molecule has 0 aliphatic carbocycles. The van der Waals surface area contributed by atoms with E-state index in [1.807, 2.05) is 36.4 Å². The van der Waals surface area contributed by atoms with Crippen molar-refractivity contribution in [3.05, 3.63) is 59.1 Å². The summed E-state index contributed by atoms with van der Waals surface area (Å²) in [6, 6.07) is 14.7. The Morgan fingerprint density at radius 2 is 1.68 bits per heavy atom. The molecule has 0 radical (unpaired) electrons. The predicted octanol–water partition coefficient (Wildman–Crippen LogP) is 4.64. The molecule has 0 bridgehead atoms. The molecule has 2 aromatic carbocycles. The molecule has 0 spiro atoms. The number of hydrogen-bond acceptors (Lipinski definition) is 2. The van der Waals surface area contributed by atoms with Crippen molar-refractivity contribution in [2.45, 2.75) is 6.42 Å². The van der Waals surface area contributed by atoms with Crippen LogP contribution < -0.4 is 4.74 Å². The summed E-state index contributed by atoms with van der Waals surface area (Å²) in [6.45, 7) is 0. The zero-order valence-electron chi connectivity index (χ0n) is 10.1. The van der Waals surface area contributed by atoms with Crippen LogP contribution in [0.5, 0.6) is 11.5 Å². The molecule has 0 saturated heterocycles. The van der Waals surface area contributed by atoms with E-state index in [1.165, 1.54) is 0 Å². The highest BCUT2D eigenvalue weighted by Crippen LogP contribution is 2.31. The fraction of sp³-hybridized carbons (Fsp3) is 0.133. The summed E-state index contributed by atoms with van der Waals surface area (Å²) in [6.07, 6.45) is 0.339. The van der Waals surface area contributed by atoms with Crippen molar-refractivity contribution < 1.29 is 9.53 Å². The normalized spacial score (nSPS) is 10.2. The van der Waals surface area contributed by atoms with Crippen molar-refractivity contribution in [1.82, 2.24) is 0 Å². The highest BCUT2D eigenvalue weighted by Gasteiger charge is 2.09. The van der Waals surface area contributed by atoms with Crippen LogP contribution in [0.15, 0.2) is 48.5 Å². The Hall–Kier alpha value is -1.32. The molecule has 2 aromatic rings. The maximum atomic E-state index is 11.5. The largest absolute Gasteiger partial charge is 0.456 e. The lowest BCUT2D eigenvalue weighted by molar-refractivity contribution is -0.115. The van der Waals surface area contributed by atoms with Crippen molar-refractivity contribution in [3.63, 3.8) is 0 Å². The number of ether oxygens (including phenoxy) is 1. The maximum absolute atomic E-state index is 11.5. The first kappa shape index (κ1) is 14.1. The number of carbonyl (C=O) groups excluding carboxylic acids is 1. The van der Waals surface area contributed by atoms with Crippen LogP contribution in [0.4, 0.5) is 0 Å². The lowest BCUT2D eigenvalue weighted by Gasteiger charge is -2.11. The van der Waals surface area contributed by atoms with Crippen LogP contribution in [0.3, 0.4) is 0 Å². The summed E-state index contributed by atoms with van der Waals surface area (Å²) in [5.41, 5.74) is 0.854. The van der Waals surface area contributed by atoms with Crippen LogP contribution in [0.25, 0.3) is 0 Å². The van der Waals surface area contributed by atoms with Crippen molar-refractivity contribution in [3.8, 4) is 11.5 Å². The number of para-hydroxylation sites is 2. The average Bonchev–Trinajstić information content (AvgIpc) is 2.43. The van der Waals surface area contributed by atoms with E-state index in [2.05, 4.69) is 15.9 Å². The number of carbonyl (C=O) groups is 1. The van der Waals surface area contributed by atoms with E-state index in [0.29, 0.717) is 28.3 Å². The van der Waals surface area contributed by atoms with Gasteiger partial charge in [0.1, 0.15) is 17.3 Å². The van der Waals surface area contributed by atoms with Crippen molar-refractivity contribution in [2.75, 3.05) is 5.33 Å². The summed E-state index contributed by atoms with van der Waals surface area (Å²) >= 11 is 9.22. The molecule has 0 aliphatic rings. The smallest absolute Gasteiger partial charge is 0.147 e. The number of ketones is 1. The first-order chi connectivity index (χ1) is 9.20. The summed E-state index contributed by atoms with van der Waals surface area (Å²) in [5.74, 6) is 1.35. The summed E-state index contributed by atoms with van der Waals surface area (Å²) in [4.78, 5) is 11.5. The molecule has 98 valence electrons. The topological polar surface area (TPSA) is 26.3 Å². The van der Waals surface area contributed by atoms with Gasteiger partial charge in [-0.15, -0.1) is 0 Å². The van der Waals surface area contributed by atoms with E-state index in [9.17, 15) is 4.79 Å². The van der Waals surface area contributed by atoms with Gasteiger partial charge in [0, 0.05) is 12.0 Å². The number of benzene rings is 2. The number of Topliss-reactive ketones (excluding diaryl/α,β-unsaturated/α-hetero) is 1. The molecule has 0 aliphatic heterocycles.